The maximum atomic E-state index is 11.9. The minimum Gasteiger partial charge on any atom is -0.489 e. The average molecular weight is 393 g/mol. The van der Waals surface area contributed by atoms with Crippen LogP contribution in [0.3, 0.4) is 0 Å². The molecule has 0 aliphatic rings. The van der Waals surface area contributed by atoms with E-state index in [1.165, 1.54) is 17.4 Å². The molecule has 0 aliphatic heterocycles. The Morgan fingerprint density at radius 3 is 2.46 bits per heavy atom. The van der Waals surface area contributed by atoms with Gasteiger partial charge in [-0.05, 0) is 47.4 Å². The molecule has 1 aromatic heterocycles. The van der Waals surface area contributed by atoms with Gasteiger partial charge in [-0.25, -0.2) is 4.79 Å². The second-order valence-electron chi connectivity index (χ2n) is 5.80. The lowest BCUT2D eigenvalue weighted by Crippen LogP contribution is -2.20. The molecule has 0 saturated carbocycles. The van der Waals surface area contributed by atoms with Gasteiger partial charge in [0.1, 0.15) is 12.4 Å². The number of thiophene rings is 1. The standard InChI is InChI=1S/C22H19NO4S/c24-21(16-27-22(25)13-12-20-7-4-14-28-20)23-18-8-10-19(11-9-18)26-15-17-5-2-1-3-6-17/h1-14H,15-16H2,(H,23,24)/b13-12+. The molecule has 0 saturated heterocycles. The van der Waals surface area contributed by atoms with E-state index >= 15 is 0 Å². The number of carbonyl (C=O) groups excluding carboxylic acids is 2. The van der Waals surface area contributed by atoms with Crippen LogP contribution in [0.15, 0.2) is 78.2 Å². The highest BCUT2D eigenvalue weighted by Gasteiger charge is 2.06. The topological polar surface area (TPSA) is 64.6 Å². The highest BCUT2D eigenvalue weighted by atomic mass is 32.1. The maximum absolute atomic E-state index is 11.9. The van der Waals surface area contributed by atoms with Crippen molar-refractivity contribution in [3.8, 4) is 5.75 Å². The predicted molar refractivity (Wildman–Crippen MR) is 110 cm³/mol. The molecule has 6 heteroatoms. The van der Waals surface area contributed by atoms with E-state index in [4.69, 9.17) is 9.47 Å². The van der Waals surface area contributed by atoms with Crippen molar-refractivity contribution < 1.29 is 19.1 Å². The molecule has 5 nitrogen and oxygen atoms in total. The molecule has 3 rings (SSSR count). The Hall–Kier alpha value is -3.38. The monoisotopic (exact) mass is 393 g/mol. The van der Waals surface area contributed by atoms with Crippen LogP contribution < -0.4 is 10.1 Å². The molecule has 142 valence electrons. The number of hydrogen-bond acceptors (Lipinski definition) is 5. The van der Waals surface area contributed by atoms with Crippen LogP contribution in [0.2, 0.25) is 0 Å². The first-order valence-corrected chi connectivity index (χ1v) is 9.52. The predicted octanol–water partition coefficient (Wildman–Crippen LogP) is 4.52. The van der Waals surface area contributed by atoms with Gasteiger partial charge >= 0.3 is 5.97 Å². The Balaban J connectivity index is 1.40. The summed E-state index contributed by atoms with van der Waals surface area (Å²) >= 11 is 1.51. The summed E-state index contributed by atoms with van der Waals surface area (Å²) in [5, 5.41) is 4.59. The van der Waals surface area contributed by atoms with Crippen LogP contribution in [0.25, 0.3) is 6.08 Å². The third-order valence-corrected chi connectivity index (χ3v) is 4.50. The first-order chi connectivity index (χ1) is 13.7. The van der Waals surface area contributed by atoms with Crippen molar-refractivity contribution in [2.45, 2.75) is 6.61 Å². The Labute approximate surface area is 167 Å². The first kappa shape index (κ1) is 19.4. The van der Waals surface area contributed by atoms with Crippen LogP contribution in [0.4, 0.5) is 5.69 Å². The maximum Gasteiger partial charge on any atom is 0.331 e. The Bertz CT molecular complexity index is 919. The molecule has 0 atom stereocenters. The molecule has 3 aromatic rings. The van der Waals surface area contributed by atoms with E-state index in [9.17, 15) is 9.59 Å². The Morgan fingerprint density at radius 2 is 1.75 bits per heavy atom. The molecular formula is C22H19NO4S. The molecule has 1 heterocycles. The summed E-state index contributed by atoms with van der Waals surface area (Å²) in [5.74, 6) is -0.268. The van der Waals surface area contributed by atoms with Gasteiger partial charge < -0.3 is 14.8 Å². The van der Waals surface area contributed by atoms with Crippen molar-refractivity contribution >= 4 is 35.0 Å². The number of carbonyl (C=O) groups is 2. The molecule has 0 bridgehead atoms. The van der Waals surface area contributed by atoms with Crippen LogP contribution in [0, 0.1) is 0 Å². The van der Waals surface area contributed by atoms with Crippen molar-refractivity contribution in [1.29, 1.82) is 0 Å². The smallest absolute Gasteiger partial charge is 0.331 e. The van der Waals surface area contributed by atoms with E-state index in [1.807, 2.05) is 47.8 Å². The zero-order chi connectivity index (χ0) is 19.6. The first-order valence-electron chi connectivity index (χ1n) is 8.64. The average Bonchev–Trinajstić information content (AvgIpc) is 3.25. The number of ether oxygens (including phenoxy) is 2. The molecule has 0 aliphatic carbocycles. The quantitative estimate of drug-likeness (QED) is 0.451. The zero-order valence-corrected chi connectivity index (χ0v) is 15.9. The van der Waals surface area contributed by atoms with Crippen molar-refractivity contribution in [2.75, 3.05) is 11.9 Å². The Kier molecular flexibility index (Phi) is 6.98. The van der Waals surface area contributed by atoms with E-state index in [0.29, 0.717) is 18.0 Å². The second-order valence-corrected chi connectivity index (χ2v) is 6.78. The number of esters is 1. The SMILES string of the molecule is O=C(COC(=O)/C=C/c1cccs1)Nc1ccc(OCc2ccccc2)cc1. The summed E-state index contributed by atoms with van der Waals surface area (Å²) in [5.41, 5.74) is 1.68. The summed E-state index contributed by atoms with van der Waals surface area (Å²) in [6.45, 7) is 0.126. The van der Waals surface area contributed by atoms with Crippen molar-refractivity contribution in [3.05, 3.63) is 88.6 Å². The van der Waals surface area contributed by atoms with E-state index in [1.54, 1.807) is 30.3 Å². The van der Waals surface area contributed by atoms with Gasteiger partial charge in [0, 0.05) is 16.6 Å². The molecule has 0 spiro atoms. The molecule has 1 N–H and O–H groups in total. The fraction of sp³-hybridized carbons (Fsp3) is 0.0909. The van der Waals surface area contributed by atoms with Crippen LogP contribution in [-0.2, 0) is 20.9 Å². The normalized spacial score (nSPS) is 10.6. The van der Waals surface area contributed by atoms with Gasteiger partial charge in [0.05, 0.1) is 0 Å². The van der Waals surface area contributed by atoms with Gasteiger partial charge in [-0.2, -0.15) is 0 Å². The highest BCUT2D eigenvalue weighted by Crippen LogP contribution is 2.17. The minimum absolute atomic E-state index is 0.347. The van der Waals surface area contributed by atoms with E-state index in [-0.39, 0.29) is 6.61 Å². The minimum atomic E-state index is -0.562. The fourth-order valence-electron chi connectivity index (χ4n) is 2.29. The van der Waals surface area contributed by atoms with Crippen LogP contribution in [0.1, 0.15) is 10.4 Å². The number of anilines is 1. The summed E-state index contributed by atoms with van der Waals surface area (Å²) < 4.78 is 10.6. The lowest BCUT2D eigenvalue weighted by molar-refractivity contribution is -0.142. The number of benzene rings is 2. The fourth-order valence-corrected chi connectivity index (χ4v) is 2.91. The third kappa shape index (κ3) is 6.41. The number of rotatable bonds is 8. The van der Waals surface area contributed by atoms with Gasteiger partial charge in [-0.1, -0.05) is 36.4 Å². The molecule has 0 radical (unpaired) electrons. The lowest BCUT2D eigenvalue weighted by Gasteiger charge is -2.08. The molecule has 0 unspecified atom stereocenters. The molecule has 2 aromatic carbocycles. The molecule has 1 amide bonds. The highest BCUT2D eigenvalue weighted by molar-refractivity contribution is 7.10. The number of hydrogen-bond donors (Lipinski definition) is 1. The van der Waals surface area contributed by atoms with Gasteiger partial charge in [-0.3, -0.25) is 4.79 Å². The van der Waals surface area contributed by atoms with E-state index in [2.05, 4.69) is 5.32 Å². The largest absolute Gasteiger partial charge is 0.489 e. The Morgan fingerprint density at radius 1 is 0.964 bits per heavy atom. The van der Waals surface area contributed by atoms with Crippen LogP contribution in [0.5, 0.6) is 5.75 Å². The lowest BCUT2D eigenvalue weighted by atomic mass is 10.2. The molecule has 28 heavy (non-hydrogen) atoms. The van der Waals surface area contributed by atoms with Gasteiger partial charge in [0.25, 0.3) is 5.91 Å². The summed E-state index contributed by atoms with van der Waals surface area (Å²) in [7, 11) is 0. The second kappa shape index (κ2) is 10.1. The van der Waals surface area contributed by atoms with Gasteiger partial charge in [0.2, 0.25) is 0 Å². The third-order valence-electron chi connectivity index (χ3n) is 3.66. The van der Waals surface area contributed by atoms with Gasteiger partial charge in [0.15, 0.2) is 6.61 Å². The number of nitrogens with one attached hydrogen (secondary N) is 1. The number of amides is 1. The zero-order valence-electron chi connectivity index (χ0n) is 15.0. The van der Waals surface area contributed by atoms with Crippen molar-refractivity contribution in [2.24, 2.45) is 0 Å². The van der Waals surface area contributed by atoms with Crippen LogP contribution >= 0.6 is 11.3 Å². The van der Waals surface area contributed by atoms with E-state index in [0.717, 1.165) is 10.4 Å². The molecular weight excluding hydrogens is 374 g/mol. The van der Waals surface area contributed by atoms with Crippen LogP contribution in [-0.4, -0.2) is 18.5 Å². The summed E-state index contributed by atoms with van der Waals surface area (Å²) in [4.78, 5) is 24.5. The van der Waals surface area contributed by atoms with Gasteiger partial charge in [-0.15, -0.1) is 11.3 Å². The summed E-state index contributed by atoms with van der Waals surface area (Å²) in [6, 6.07) is 20.6. The summed E-state index contributed by atoms with van der Waals surface area (Å²) in [6.07, 6.45) is 2.96. The van der Waals surface area contributed by atoms with Crippen molar-refractivity contribution in [1.82, 2.24) is 0 Å². The molecule has 0 fully saturated rings. The van der Waals surface area contributed by atoms with E-state index < -0.39 is 11.9 Å². The van der Waals surface area contributed by atoms with Crippen molar-refractivity contribution in [3.63, 3.8) is 0 Å².